The van der Waals surface area contributed by atoms with Gasteiger partial charge in [-0.15, -0.1) is 36.2 Å². The molecule has 1 aromatic carbocycles. The maximum atomic E-state index is 5.58. The second kappa shape index (κ2) is 7.74. The number of hydrogen-bond donors (Lipinski definition) is 1. The third-order valence-electron chi connectivity index (χ3n) is 2.60. The molecule has 0 atom stereocenters. The topological polar surface area (TPSA) is 38.9 Å². The molecule has 18 heavy (non-hydrogen) atoms. The third kappa shape index (κ3) is 3.69. The van der Waals surface area contributed by atoms with Gasteiger partial charge in [-0.3, -0.25) is 0 Å². The normalized spacial score (nSPS) is 9.50. The second-order valence-electron chi connectivity index (χ2n) is 3.78. The van der Waals surface area contributed by atoms with Crippen LogP contribution in [0.5, 0.6) is 0 Å². The SMILES string of the molecule is CCc1nc(C)c(-c2ccc(CN)cc2)s1.Cl.Cl. The minimum absolute atomic E-state index is 0. The number of hydrogen-bond acceptors (Lipinski definition) is 3. The fourth-order valence-corrected chi connectivity index (χ4v) is 2.67. The largest absolute Gasteiger partial charge is 0.326 e. The highest BCUT2D eigenvalue weighted by Crippen LogP contribution is 2.30. The van der Waals surface area contributed by atoms with Crippen LogP contribution in [0, 0.1) is 6.92 Å². The predicted octanol–water partition coefficient (Wildman–Crippen LogP) is 3.98. The molecular weight excluding hydrogens is 287 g/mol. The average Bonchev–Trinajstić information content (AvgIpc) is 2.71. The van der Waals surface area contributed by atoms with Crippen LogP contribution >= 0.6 is 36.2 Å². The summed E-state index contributed by atoms with van der Waals surface area (Å²) in [6.45, 7) is 4.81. The molecule has 1 heterocycles. The lowest BCUT2D eigenvalue weighted by Gasteiger charge is -2.00. The number of rotatable bonds is 3. The number of halogens is 2. The smallest absolute Gasteiger partial charge is 0.0931 e. The Labute approximate surface area is 124 Å². The molecule has 2 aromatic rings. The van der Waals surface area contributed by atoms with Gasteiger partial charge in [-0.1, -0.05) is 31.2 Å². The second-order valence-corrected chi connectivity index (χ2v) is 4.86. The summed E-state index contributed by atoms with van der Waals surface area (Å²) in [4.78, 5) is 5.82. The lowest BCUT2D eigenvalue weighted by molar-refractivity contribution is 1.07. The van der Waals surface area contributed by atoms with E-state index in [1.165, 1.54) is 21.0 Å². The summed E-state index contributed by atoms with van der Waals surface area (Å²) in [5.41, 5.74) is 9.12. The van der Waals surface area contributed by atoms with Crippen molar-refractivity contribution in [2.75, 3.05) is 0 Å². The molecule has 0 aliphatic carbocycles. The molecule has 0 amide bonds. The van der Waals surface area contributed by atoms with Gasteiger partial charge < -0.3 is 5.73 Å². The number of thiazole rings is 1. The molecule has 0 saturated heterocycles. The fraction of sp³-hybridized carbons (Fsp3) is 0.308. The summed E-state index contributed by atoms with van der Waals surface area (Å²) in [5, 5.41) is 1.20. The number of nitrogens with two attached hydrogens (primary N) is 1. The van der Waals surface area contributed by atoms with E-state index in [1.54, 1.807) is 11.3 Å². The van der Waals surface area contributed by atoms with Gasteiger partial charge in [0.2, 0.25) is 0 Å². The van der Waals surface area contributed by atoms with Crippen LogP contribution in [0.15, 0.2) is 24.3 Å². The summed E-state index contributed by atoms with van der Waals surface area (Å²) in [5.74, 6) is 0. The Kier molecular flexibility index (Phi) is 7.48. The first kappa shape index (κ1) is 17.4. The van der Waals surface area contributed by atoms with Crippen molar-refractivity contribution in [3.8, 4) is 10.4 Å². The van der Waals surface area contributed by atoms with E-state index in [0.717, 1.165) is 12.1 Å². The summed E-state index contributed by atoms with van der Waals surface area (Å²) in [6.07, 6.45) is 1.01. The van der Waals surface area contributed by atoms with Crippen LogP contribution in [-0.4, -0.2) is 4.98 Å². The molecule has 0 unspecified atom stereocenters. The van der Waals surface area contributed by atoms with Crippen molar-refractivity contribution in [2.24, 2.45) is 5.73 Å². The van der Waals surface area contributed by atoms with E-state index >= 15 is 0 Å². The molecule has 1 aromatic heterocycles. The molecule has 5 heteroatoms. The van der Waals surface area contributed by atoms with E-state index in [-0.39, 0.29) is 24.8 Å². The summed E-state index contributed by atoms with van der Waals surface area (Å²) < 4.78 is 0. The van der Waals surface area contributed by atoms with Crippen molar-refractivity contribution in [3.05, 3.63) is 40.5 Å². The Morgan fingerprint density at radius 1 is 1.17 bits per heavy atom. The molecule has 2 N–H and O–H groups in total. The highest BCUT2D eigenvalue weighted by Gasteiger charge is 2.08. The van der Waals surface area contributed by atoms with E-state index in [4.69, 9.17) is 5.73 Å². The first-order valence-corrected chi connectivity index (χ1v) is 6.32. The Morgan fingerprint density at radius 2 is 1.78 bits per heavy atom. The standard InChI is InChI=1S/C13H16N2S.2ClH/c1-3-12-15-9(2)13(16-12)11-6-4-10(8-14)5-7-11;;/h4-7H,3,8,14H2,1-2H3;2*1H. The Bertz CT molecular complexity index is 480. The third-order valence-corrected chi connectivity index (χ3v) is 3.95. The maximum absolute atomic E-state index is 5.58. The number of benzene rings is 1. The van der Waals surface area contributed by atoms with Crippen LogP contribution in [0.1, 0.15) is 23.2 Å². The van der Waals surface area contributed by atoms with Crippen molar-refractivity contribution in [2.45, 2.75) is 26.8 Å². The Hall–Kier alpha value is -0.610. The lowest BCUT2D eigenvalue weighted by Crippen LogP contribution is -1.95. The number of aryl methyl sites for hydroxylation is 2. The molecule has 0 radical (unpaired) electrons. The van der Waals surface area contributed by atoms with E-state index < -0.39 is 0 Å². The first-order chi connectivity index (χ1) is 7.74. The van der Waals surface area contributed by atoms with Crippen LogP contribution in [0.4, 0.5) is 0 Å². The van der Waals surface area contributed by atoms with Gasteiger partial charge in [-0.25, -0.2) is 4.98 Å². The molecule has 0 bridgehead atoms. The van der Waals surface area contributed by atoms with Crippen LogP contribution < -0.4 is 5.73 Å². The van der Waals surface area contributed by atoms with E-state index in [1.807, 2.05) is 0 Å². The summed E-state index contributed by atoms with van der Waals surface area (Å²) in [7, 11) is 0. The summed E-state index contributed by atoms with van der Waals surface area (Å²) >= 11 is 1.78. The lowest BCUT2D eigenvalue weighted by atomic mass is 10.1. The van der Waals surface area contributed by atoms with Gasteiger partial charge in [0.25, 0.3) is 0 Å². The minimum atomic E-state index is 0. The minimum Gasteiger partial charge on any atom is -0.326 e. The van der Waals surface area contributed by atoms with Crippen molar-refractivity contribution in [1.29, 1.82) is 0 Å². The molecular formula is C13H18Cl2N2S. The van der Waals surface area contributed by atoms with Gasteiger partial charge in [0.15, 0.2) is 0 Å². The van der Waals surface area contributed by atoms with Gasteiger partial charge in [0.1, 0.15) is 0 Å². The first-order valence-electron chi connectivity index (χ1n) is 5.50. The average molecular weight is 305 g/mol. The quantitative estimate of drug-likeness (QED) is 0.931. The van der Waals surface area contributed by atoms with E-state index in [0.29, 0.717) is 6.54 Å². The van der Waals surface area contributed by atoms with Crippen molar-refractivity contribution < 1.29 is 0 Å². The molecule has 2 rings (SSSR count). The van der Waals surface area contributed by atoms with Gasteiger partial charge in [0, 0.05) is 6.54 Å². The van der Waals surface area contributed by atoms with E-state index in [2.05, 4.69) is 43.1 Å². The van der Waals surface area contributed by atoms with Gasteiger partial charge in [0.05, 0.1) is 15.6 Å². The zero-order chi connectivity index (χ0) is 11.5. The van der Waals surface area contributed by atoms with Crippen molar-refractivity contribution in [3.63, 3.8) is 0 Å². The molecule has 0 aliphatic heterocycles. The molecule has 0 spiro atoms. The van der Waals surface area contributed by atoms with Crippen LogP contribution in [-0.2, 0) is 13.0 Å². The maximum Gasteiger partial charge on any atom is 0.0931 e. The number of aromatic nitrogens is 1. The van der Waals surface area contributed by atoms with Gasteiger partial charge in [-0.2, -0.15) is 0 Å². The molecule has 0 fully saturated rings. The van der Waals surface area contributed by atoms with Crippen molar-refractivity contribution in [1.82, 2.24) is 4.98 Å². The summed E-state index contributed by atoms with van der Waals surface area (Å²) in [6, 6.07) is 8.42. The Balaban J connectivity index is 0.00000144. The molecule has 100 valence electrons. The zero-order valence-corrected chi connectivity index (χ0v) is 12.9. The predicted molar refractivity (Wildman–Crippen MR) is 84.1 cm³/mol. The Morgan fingerprint density at radius 3 is 2.22 bits per heavy atom. The number of nitrogens with zero attached hydrogens (tertiary/aromatic N) is 1. The molecule has 2 nitrogen and oxygen atoms in total. The zero-order valence-electron chi connectivity index (χ0n) is 10.5. The van der Waals surface area contributed by atoms with Gasteiger partial charge >= 0.3 is 0 Å². The van der Waals surface area contributed by atoms with Crippen LogP contribution in [0.25, 0.3) is 10.4 Å². The fourth-order valence-electron chi connectivity index (χ4n) is 1.66. The highest BCUT2D eigenvalue weighted by atomic mass is 35.5. The van der Waals surface area contributed by atoms with Crippen LogP contribution in [0.3, 0.4) is 0 Å². The van der Waals surface area contributed by atoms with Gasteiger partial charge in [-0.05, 0) is 24.5 Å². The highest BCUT2D eigenvalue weighted by molar-refractivity contribution is 7.15. The molecule has 0 saturated carbocycles. The monoisotopic (exact) mass is 304 g/mol. The van der Waals surface area contributed by atoms with E-state index in [9.17, 15) is 0 Å². The van der Waals surface area contributed by atoms with Crippen molar-refractivity contribution >= 4 is 36.2 Å². The van der Waals surface area contributed by atoms with Crippen LogP contribution in [0.2, 0.25) is 0 Å². The molecule has 0 aliphatic rings.